The number of piperidine rings is 1. The van der Waals surface area contributed by atoms with Crippen LogP contribution >= 0.6 is 0 Å². The van der Waals surface area contributed by atoms with Gasteiger partial charge in [0, 0.05) is 37.8 Å². The highest BCUT2D eigenvalue weighted by Gasteiger charge is 2.27. The SMILES string of the molecule is CCOC(=O)N1CCC(C(=O)NCc2ccc(Oc3cc(C)ccc3C)nc2)CC1. The van der Waals surface area contributed by atoms with Crippen molar-refractivity contribution in [1.82, 2.24) is 15.2 Å². The highest BCUT2D eigenvalue weighted by Crippen LogP contribution is 2.25. The fraction of sp³-hybridized carbons (Fsp3) is 0.435. The first-order valence-corrected chi connectivity index (χ1v) is 10.4. The molecule has 2 heterocycles. The molecule has 0 bridgehead atoms. The Hall–Kier alpha value is -3.09. The lowest BCUT2D eigenvalue weighted by atomic mass is 9.96. The number of aryl methyl sites for hydroxylation is 2. The number of nitrogens with one attached hydrogen (secondary N) is 1. The molecule has 1 aromatic carbocycles. The van der Waals surface area contributed by atoms with Crippen LogP contribution in [0.15, 0.2) is 36.5 Å². The summed E-state index contributed by atoms with van der Waals surface area (Å²) in [5.41, 5.74) is 3.08. The number of nitrogens with zero attached hydrogens (tertiary/aromatic N) is 2. The molecule has 30 heavy (non-hydrogen) atoms. The number of pyridine rings is 1. The molecule has 1 N–H and O–H groups in total. The highest BCUT2D eigenvalue weighted by molar-refractivity contribution is 5.79. The van der Waals surface area contributed by atoms with Crippen molar-refractivity contribution in [3.63, 3.8) is 0 Å². The fourth-order valence-electron chi connectivity index (χ4n) is 3.38. The highest BCUT2D eigenvalue weighted by atomic mass is 16.6. The second kappa shape index (κ2) is 10.1. The maximum Gasteiger partial charge on any atom is 0.409 e. The van der Waals surface area contributed by atoms with Gasteiger partial charge >= 0.3 is 6.09 Å². The van der Waals surface area contributed by atoms with Gasteiger partial charge in [-0.15, -0.1) is 0 Å². The molecule has 1 aliphatic heterocycles. The quantitative estimate of drug-likeness (QED) is 0.778. The summed E-state index contributed by atoms with van der Waals surface area (Å²) in [6.07, 6.45) is 2.70. The molecule has 7 heteroatoms. The predicted octanol–water partition coefficient (Wildman–Crippen LogP) is 3.98. The van der Waals surface area contributed by atoms with Crippen molar-refractivity contribution in [3.05, 3.63) is 53.2 Å². The van der Waals surface area contributed by atoms with Gasteiger partial charge in [-0.25, -0.2) is 9.78 Å². The first-order valence-electron chi connectivity index (χ1n) is 10.4. The monoisotopic (exact) mass is 411 g/mol. The third-order valence-corrected chi connectivity index (χ3v) is 5.21. The second-order valence-electron chi connectivity index (χ2n) is 7.55. The minimum Gasteiger partial charge on any atom is -0.450 e. The van der Waals surface area contributed by atoms with E-state index in [4.69, 9.17) is 9.47 Å². The van der Waals surface area contributed by atoms with Crippen LogP contribution in [-0.2, 0) is 16.1 Å². The number of carbonyl (C=O) groups is 2. The molecular formula is C23H29N3O4. The molecule has 0 aliphatic carbocycles. The van der Waals surface area contributed by atoms with Crippen LogP contribution in [0.25, 0.3) is 0 Å². The number of likely N-dealkylation sites (tertiary alicyclic amines) is 1. The molecule has 2 aromatic rings. The maximum atomic E-state index is 12.5. The number of amides is 2. The van der Waals surface area contributed by atoms with Gasteiger partial charge in [-0.1, -0.05) is 18.2 Å². The molecule has 0 saturated carbocycles. The average molecular weight is 412 g/mol. The number of hydrogen-bond acceptors (Lipinski definition) is 5. The summed E-state index contributed by atoms with van der Waals surface area (Å²) >= 11 is 0. The molecule has 0 atom stereocenters. The zero-order valence-electron chi connectivity index (χ0n) is 17.8. The second-order valence-corrected chi connectivity index (χ2v) is 7.55. The Morgan fingerprint density at radius 3 is 2.60 bits per heavy atom. The maximum absolute atomic E-state index is 12.5. The van der Waals surface area contributed by atoms with E-state index in [-0.39, 0.29) is 17.9 Å². The molecule has 160 valence electrons. The summed E-state index contributed by atoms with van der Waals surface area (Å²) in [5.74, 6) is 1.23. The van der Waals surface area contributed by atoms with E-state index in [2.05, 4.69) is 10.3 Å². The first-order chi connectivity index (χ1) is 14.5. The van der Waals surface area contributed by atoms with Crippen molar-refractivity contribution in [3.8, 4) is 11.6 Å². The summed E-state index contributed by atoms with van der Waals surface area (Å²) in [4.78, 5) is 30.2. The van der Waals surface area contributed by atoms with Gasteiger partial charge in [0.15, 0.2) is 0 Å². The molecule has 1 aromatic heterocycles. The lowest BCUT2D eigenvalue weighted by molar-refractivity contribution is -0.126. The average Bonchev–Trinajstić information content (AvgIpc) is 2.76. The summed E-state index contributed by atoms with van der Waals surface area (Å²) in [5, 5.41) is 2.97. The number of carbonyl (C=O) groups excluding carboxylic acids is 2. The first kappa shape index (κ1) is 21.6. The standard InChI is InChI=1S/C23H29N3O4/c1-4-29-23(28)26-11-9-19(10-12-26)22(27)25-15-18-7-8-21(24-14-18)30-20-13-16(2)5-6-17(20)3/h5-8,13-14,19H,4,9-12,15H2,1-3H3,(H,25,27). The van der Waals surface area contributed by atoms with Crippen molar-refractivity contribution in [2.75, 3.05) is 19.7 Å². The Balaban J connectivity index is 1.46. The predicted molar refractivity (Wildman–Crippen MR) is 113 cm³/mol. The van der Waals surface area contributed by atoms with Crippen molar-refractivity contribution < 1.29 is 19.1 Å². The van der Waals surface area contributed by atoms with Gasteiger partial charge in [0.25, 0.3) is 0 Å². The van der Waals surface area contributed by atoms with Gasteiger partial charge < -0.3 is 19.7 Å². The molecule has 1 aliphatic rings. The van der Waals surface area contributed by atoms with E-state index in [1.165, 1.54) is 0 Å². The number of ether oxygens (including phenoxy) is 2. The Bertz CT molecular complexity index is 875. The lowest BCUT2D eigenvalue weighted by Crippen LogP contribution is -2.43. The van der Waals surface area contributed by atoms with E-state index in [0.29, 0.717) is 45.0 Å². The van der Waals surface area contributed by atoms with Crippen molar-refractivity contribution >= 4 is 12.0 Å². The van der Waals surface area contributed by atoms with Gasteiger partial charge in [0.2, 0.25) is 11.8 Å². The molecular weight excluding hydrogens is 382 g/mol. The minimum absolute atomic E-state index is 0.00854. The van der Waals surface area contributed by atoms with Crippen LogP contribution in [0.2, 0.25) is 0 Å². The number of aromatic nitrogens is 1. The van der Waals surface area contributed by atoms with Gasteiger partial charge in [-0.05, 0) is 56.4 Å². The van der Waals surface area contributed by atoms with E-state index < -0.39 is 0 Å². The Labute approximate surface area is 177 Å². The van der Waals surface area contributed by atoms with Gasteiger partial charge in [-0.2, -0.15) is 0 Å². The molecule has 0 radical (unpaired) electrons. The molecule has 7 nitrogen and oxygen atoms in total. The minimum atomic E-state index is -0.300. The van der Waals surface area contributed by atoms with E-state index in [1.54, 1.807) is 24.1 Å². The molecule has 1 fully saturated rings. The number of rotatable bonds is 6. The Morgan fingerprint density at radius 1 is 1.17 bits per heavy atom. The van der Waals surface area contributed by atoms with Crippen molar-refractivity contribution in [2.45, 2.75) is 40.2 Å². The third-order valence-electron chi connectivity index (χ3n) is 5.21. The van der Waals surface area contributed by atoms with Crippen molar-refractivity contribution in [1.29, 1.82) is 0 Å². The molecule has 0 unspecified atom stereocenters. The van der Waals surface area contributed by atoms with Crippen LogP contribution in [-0.4, -0.2) is 41.6 Å². The van der Waals surface area contributed by atoms with Crippen molar-refractivity contribution in [2.24, 2.45) is 5.92 Å². The molecule has 3 rings (SSSR count). The van der Waals surface area contributed by atoms with Crippen LogP contribution in [0.3, 0.4) is 0 Å². The van der Waals surface area contributed by atoms with Gasteiger partial charge in [-0.3, -0.25) is 4.79 Å². The van der Waals surface area contributed by atoms with Crippen LogP contribution in [0.4, 0.5) is 4.79 Å². The van der Waals surface area contributed by atoms with Gasteiger partial charge in [0.05, 0.1) is 6.61 Å². The topological polar surface area (TPSA) is 80.8 Å². The van der Waals surface area contributed by atoms with Crippen LogP contribution in [0, 0.1) is 19.8 Å². The molecule has 1 saturated heterocycles. The van der Waals surface area contributed by atoms with Crippen LogP contribution in [0.5, 0.6) is 11.6 Å². The largest absolute Gasteiger partial charge is 0.450 e. The molecule has 0 spiro atoms. The van der Waals surface area contributed by atoms with E-state index in [0.717, 1.165) is 22.4 Å². The normalized spacial score (nSPS) is 14.3. The van der Waals surface area contributed by atoms with Crippen LogP contribution in [0.1, 0.15) is 36.5 Å². The fourth-order valence-corrected chi connectivity index (χ4v) is 3.38. The number of hydrogen-bond donors (Lipinski definition) is 1. The smallest absolute Gasteiger partial charge is 0.409 e. The number of benzene rings is 1. The summed E-state index contributed by atoms with van der Waals surface area (Å²) < 4.78 is 10.9. The summed E-state index contributed by atoms with van der Waals surface area (Å²) in [7, 11) is 0. The van der Waals surface area contributed by atoms with E-state index in [9.17, 15) is 9.59 Å². The lowest BCUT2D eigenvalue weighted by Gasteiger charge is -2.30. The summed E-state index contributed by atoms with van der Waals surface area (Å²) in [6.45, 7) is 7.67. The molecule has 2 amide bonds. The van der Waals surface area contributed by atoms with Gasteiger partial charge in [0.1, 0.15) is 5.75 Å². The third kappa shape index (κ3) is 5.72. The zero-order valence-corrected chi connectivity index (χ0v) is 17.8. The zero-order chi connectivity index (χ0) is 21.5. The summed E-state index contributed by atoms with van der Waals surface area (Å²) in [6, 6.07) is 9.75. The van der Waals surface area contributed by atoms with E-state index in [1.807, 2.05) is 38.1 Å². The van der Waals surface area contributed by atoms with E-state index >= 15 is 0 Å². The Morgan fingerprint density at radius 2 is 1.93 bits per heavy atom. The van der Waals surface area contributed by atoms with Crippen LogP contribution < -0.4 is 10.1 Å². The Kier molecular flexibility index (Phi) is 7.27.